The van der Waals surface area contributed by atoms with Crippen molar-refractivity contribution in [1.29, 1.82) is 0 Å². The lowest BCUT2D eigenvalue weighted by atomic mass is 9.95. The standard InChI is InChI=1S/C26H23ClF2N4O4/c1-3-36-20-11-13-33(17-7-4-15(28)5-8-17)26(35)22(20)25(34)32-16-6-9-19(18(29)14-16)37-21-10-12-31-24(30-2)23(21)27/h4-14,20,22H,3H2,1-2H3,(H,30,31)(H,32,34). The van der Waals surface area contributed by atoms with E-state index in [1.54, 1.807) is 20.0 Å². The van der Waals surface area contributed by atoms with E-state index in [1.165, 1.54) is 59.8 Å². The first kappa shape index (κ1) is 26.1. The van der Waals surface area contributed by atoms with Crippen LogP contribution in [0.1, 0.15) is 6.92 Å². The van der Waals surface area contributed by atoms with Crippen molar-refractivity contribution in [2.24, 2.45) is 5.92 Å². The maximum absolute atomic E-state index is 14.8. The zero-order valence-corrected chi connectivity index (χ0v) is 20.6. The lowest BCUT2D eigenvalue weighted by molar-refractivity contribution is -0.136. The summed E-state index contributed by atoms with van der Waals surface area (Å²) >= 11 is 6.21. The lowest BCUT2D eigenvalue weighted by Gasteiger charge is -2.32. The molecule has 1 aliphatic rings. The molecule has 3 aromatic rings. The first-order chi connectivity index (χ1) is 17.8. The van der Waals surface area contributed by atoms with E-state index in [9.17, 15) is 18.4 Å². The molecule has 0 bridgehead atoms. The minimum Gasteiger partial charge on any atom is -0.453 e. The van der Waals surface area contributed by atoms with E-state index >= 15 is 0 Å². The number of benzene rings is 2. The Morgan fingerprint density at radius 3 is 2.57 bits per heavy atom. The van der Waals surface area contributed by atoms with Gasteiger partial charge in [-0.05, 0) is 49.4 Å². The molecule has 2 heterocycles. The van der Waals surface area contributed by atoms with Crippen molar-refractivity contribution in [2.75, 3.05) is 29.2 Å². The molecule has 2 unspecified atom stereocenters. The average molecular weight is 529 g/mol. The van der Waals surface area contributed by atoms with E-state index in [2.05, 4.69) is 15.6 Å². The highest BCUT2D eigenvalue weighted by molar-refractivity contribution is 6.34. The van der Waals surface area contributed by atoms with E-state index in [0.717, 1.165) is 6.07 Å². The Bertz CT molecular complexity index is 1340. The van der Waals surface area contributed by atoms with E-state index in [4.69, 9.17) is 21.1 Å². The number of carbonyl (C=O) groups excluding carboxylic acids is 2. The number of aromatic nitrogens is 1. The Kier molecular flexibility index (Phi) is 8.00. The number of carbonyl (C=O) groups is 2. The van der Waals surface area contributed by atoms with Crippen LogP contribution in [0.5, 0.6) is 11.5 Å². The summed E-state index contributed by atoms with van der Waals surface area (Å²) in [6.45, 7) is 2.00. The van der Waals surface area contributed by atoms with Crippen molar-refractivity contribution >= 4 is 40.6 Å². The summed E-state index contributed by atoms with van der Waals surface area (Å²) in [4.78, 5) is 31.7. The SMILES string of the molecule is CCOC1C=CN(c2ccc(F)cc2)C(=O)C1C(=O)Nc1ccc(Oc2ccnc(NC)c2Cl)c(F)c1. The summed E-state index contributed by atoms with van der Waals surface area (Å²) in [7, 11) is 1.64. The minimum absolute atomic E-state index is 0.109. The Balaban J connectivity index is 1.53. The van der Waals surface area contributed by atoms with Crippen LogP contribution < -0.4 is 20.3 Å². The van der Waals surface area contributed by atoms with Crippen molar-refractivity contribution in [3.05, 3.63) is 83.7 Å². The van der Waals surface area contributed by atoms with Crippen LogP contribution in [-0.4, -0.2) is 36.6 Å². The Morgan fingerprint density at radius 2 is 1.89 bits per heavy atom. The maximum Gasteiger partial charge on any atom is 0.246 e. The third-order valence-corrected chi connectivity index (χ3v) is 5.88. The highest BCUT2D eigenvalue weighted by Crippen LogP contribution is 2.35. The second kappa shape index (κ2) is 11.4. The molecule has 0 saturated heterocycles. The predicted octanol–water partition coefficient (Wildman–Crippen LogP) is 5.37. The van der Waals surface area contributed by atoms with Gasteiger partial charge in [0.1, 0.15) is 22.6 Å². The summed E-state index contributed by atoms with van der Waals surface area (Å²) in [5.41, 5.74) is 0.497. The van der Waals surface area contributed by atoms with Crippen molar-refractivity contribution in [3.63, 3.8) is 0 Å². The van der Waals surface area contributed by atoms with Gasteiger partial charge in [-0.15, -0.1) is 0 Å². The zero-order valence-electron chi connectivity index (χ0n) is 19.9. The molecule has 0 spiro atoms. The zero-order chi connectivity index (χ0) is 26.5. The monoisotopic (exact) mass is 528 g/mol. The molecule has 2 aromatic carbocycles. The van der Waals surface area contributed by atoms with Crippen LogP contribution in [0.4, 0.5) is 26.0 Å². The molecule has 2 atom stereocenters. The van der Waals surface area contributed by atoms with Crippen LogP contribution >= 0.6 is 11.6 Å². The summed E-state index contributed by atoms with van der Waals surface area (Å²) in [6, 6.07) is 10.6. The van der Waals surface area contributed by atoms with Crippen LogP contribution in [-0.2, 0) is 14.3 Å². The first-order valence-electron chi connectivity index (χ1n) is 11.3. The molecule has 1 aliphatic heterocycles. The van der Waals surface area contributed by atoms with Crippen LogP contribution in [0.3, 0.4) is 0 Å². The fourth-order valence-electron chi connectivity index (χ4n) is 3.75. The quantitative estimate of drug-likeness (QED) is 0.382. The van der Waals surface area contributed by atoms with E-state index in [0.29, 0.717) is 11.5 Å². The number of anilines is 3. The van der Waals surface area contributed by atoms with Gasteiger partial charge in [0.2, 0.25) is 11.8 Å². The molecule has 0 saturated carbocycles. The number of nitrogens with one attached hydrogen (secondary N) is 2. The number of hydrogen-bond acceptors (Lipinski definition) is 6. The molecule has 0 radical (unpaired) electrons. The summed E-state index contributed by atoms with van der Waals surface area (Å²) < 4.78 is 39.4. The predicted molar refractivity (Wildman–Crippen MR) is 136 cm³/mol. The Labute approximate surface area is 216 Å². The Morgan fingerprint density at radius 1 is 1.14 bits per heavy atom. The third kappa shape index (κ3) is 5.71. The van der Waals surface area contributed by atoms with Gasteiger partial charge in [0.25, 0.3) is 0 Å². The van der Waals surface area contributed by atoms with Gasteiger partial charge in [-0.1, -0.05) is 11.6 Å². The molecular formula is C26H23ClF2N4O4. The second-order valence-corrected chi connectivity index (χ2v) is 8.26. The minimum atomic E-state index is -1.26. The number of amides is 2. The van der Waals surface area contributed by atoms with Crippen molar-refractivity contribution in [1.82, 2.24) is 4.98 Å². The van der Waals surface area contributed by atoms with E-state index < -0.39 is 35.5 Å². The molecule has 1 aromatic heterocycles. The summed E-state index contributed by atoms with van der Waals surface area (Å²) in [5, 5.41) is 5.55. The van der Waals surface area contributed by atoms with Crippen LogP contribution in [0.15, 0.2) is 67.0 Å². The molecule has 4 rings (SSSR count). The first-order valence-corrected chi connectivity index (χ1v) is 11.7. The normalized spacial score (nSPS) is 17.0. The molecule has 192 valence electrons. The van der Waals surface area contributed by atoms with Gasteiger partial charge in [-0.2, -0.15) is 0 Å². The van der Waals surface area contributed by atoms with Gasteiger partial charge in [0.15, 0.2) is 17.3 Å². The Hall–Kier alpha value is -4.02. The number of halogens is 3. The van der Waals surface area contributed by atoms with Gasteiger partial charge in [-0.25, -0.2) is 13.8 Å². The van der Waals surface area contributed by atoms with Crippen LogP contribution in [0, 0.1) is 17.6 Å². The maximum atomic E-state index is 14.8. The number of hydrogen-bond donors (Lipinski definition) is 2. The molecule has 0 fully saturated rings. The number of ether oxygens (including phenoxy) is 2. The molecule has 37 heavy (non-hydrogen) atoms. The van der Waals surface area contributed by atoms with Gasteiger partial charge >= 0.3 is 0 Å². The highest BCUT2D eigenvalue weighted by atomic mass is 35.5. The molecular weight excluding hydrogens is 506 g/mol. The molecule has 0 aliphatic carbocycles. The average Bonchev–Trinajstić information content (AvgIpc) is 2.88. The number of rotatable bonds is 8. The van der Waals surface area contributed by atoms with Crippen molar-refractivity contribution < 1.29 is 27.8 Å². The van der Waals surface area contributed by atoms with E-state index in [1.807, 2.05) is 0 Å². The third-order valence-electron chi connectivity index (χ3n) is 5.51. The van der Waals surface area contributed by atoms with Crippen LogP contribution in [0.25, 0.3) is 0 Å². The van der Waals surface area contributed by atoms with Crippen LogP contribution in [0.2, 0.25) is 5.02 Å². The topological polar surface area (TPSA) is 92.8 Å². The highest BCUT2D eigenvalue weighted by Gasteiger charge is 2.40. The van der Waals surface area contributed by atoms with Gasteiger partial charge < -0.3 is 20.1 Å². The van der Waals surface area contributed by atoms with Gasteiger partial charge in [0.05, 0.1) is 6.10 Å². The van der Waals surface area contributed by atoms with Gasteiger partial charge in [-0.3, -0.25) is 14.5 Å². The fourth-order valence-corrected chi connectivity index (χ4v) is 3.99. The molecule has 2 N–H and O–H groups in total. The largest absolute Gasteiger partial charge is 0.453 e. The van der Waals surface area contributed by atoms with Crippen molar-refractivity contribution in [3.8, 4) is 11.5 Å². The fraction of sp³-hybridized carbons (Fsp3) is 0.192. The molecule has 2 amide bonds. The second-order valence-electron chi connectivity index (χ2n) is 7.88. The lowest BCUT2D eigenvalue weighted by Crippen LogP contribution is -2.48. The molecule has 11 heteroatoms. The molecule has 8 nitrogen and oxygen atoms in total. The van der Waals surface area contributed by atoms with Gasteiger partial charge in [0, 0.05) is 49.6 Å². The van der Waals surface area contributed by atoms with E-state index in [-0.39, 0.29) is 28.8 Å². The summed E-state index contributed by atoms with van der Waals surface area (Å²) in [5.74, 6) is -3.31. The smallest absolute Gasteiger partial charge is 0.246 e. The van der Waals surface area contributed by atoms with Crippen molar-refractivity contribution in [2.45, 2.75) is 13.0 Å². The number of nitrogens with zero attached hydrogens (tertiary/aromatic N) is 2. The summed E-state index contributed by atoms with van der Waals surface area (Å²) in [6.07, 6.45) is 3.68. The number of pyridine rings is 1.